The van der Waals surface area contributed by atoms with E-state index < -0.39 is 0 Å². The molecular formula is C16H19BrN2O2. The Morgan fingerprint density at radius 1 is 1.24 bits per heavy atom. The minimum absolute atomic E-state index is 0.0236. The molecule has 0 bridgehead atoms. The lowest BCUT2D eigenvalue weighted by atomic mass is 9.97. The van der Waals surface area contributed by atoms with Crippen molar-refractivity contribution in [3.63, 3.8) is 0 Å². The molecule has 1 fully saturated rings. The molecule has 3 rings (SSSR count). The molecule has 2 aromatic rings. The van der Waals surface area contributed by atoms with E-state index in [1.807, 2.05) is 25.1 Å². The summed E-state index contributed by atoms with van der Waals surface area (Å²) < 4.78 is 6.47. The molecule has 0 spiro atoms. The predicted octanol–water partition coefficient (Wildman–Crippen LogP) is 4.22. The van der Waals surface area contributed by atoms with E-state index in [9.17, 15) is 5.11 Å². The van der Waals surface area contributed by atoms with E-state index in [4.69, 9.17) is 4.52 Å². The fourth-order valence-electron chi connectivity index (χ4n) is 2.95. The lowest BCUT2D eigenvalue weighted by Gasteiger charge is -2.15. The molecule has 0 amide bonds. The third-order valence-corrected chi connectivity index (χ3v) is 4.66. The molecule has 21 heavy (non-hydrogen) atoms. The number of aromatic nitrogens is 2. The number of nitrogens with zero attached hydrogens (tertiary/aromatic N) is 2. The molecule has 1 heterocycles. The maximum atomic E-state index is 10.2. The van der Waals surface area contributed by atoms with Crippen molar-refractivity contribution in [1.29, 1.82) is 0 Å². The van der Waals surface area contributed by atoms with Crippen molar-refractivity contribution < 1.29 is 9.63 Å². The minimum atomic E-state index is -0.369. The highest BCUT2D eigenvalue weighted by atomic mass is 79.9. The van der Waals surface area contributed by atoms with Crippen LogP contribution in [0.1, 0.15) is 49.5 Å². The van der Waals surface area contributed by atoms with Crippen molar-refractivity contribution in [2.75, 3.05) is 0 Å². The quantitative estimate of drug-likeness (QED) is 0.823. The van der Waals surface area contributed by atoms with Gasteiger partial charge in [0.2, 0.25) is 11.7 Å². The van der Waals surface area contributed by atoms with Crippen LogP contribution < -0.4 is 0 Å². The van der Waals surface area contributed by atoms with E-state index in [1.165, 1.54) is 6.42 Å². The van der Waals surface area contributed by atoms with Gasteiger partial charge in [0.05, 0.1) is 12.0 Å². The first kappa shape index (κ1) is 14.7. The molecule has 4 nitrogen and oxygen atoms in total. The molecule has 2 atom stereocenters. The zero-order chi connectivity index (χ0) is 14.8. The van der Waals surface area contributed by atoms with E-state index in [-0.39, 0.29) is 12.0 Å². The smallest absolute Gasteiger partial charge is 0.232 e. The van der Waals surface area contributed by atoms with Gasteiger partial charge in [0, 0.05) is 10.0 Å². The highest BCUT2D eigenvalue weighted by Crippen LogP contribution is 2.32. The average molecular weight is 351 g/mol. The second-order valence-electron chi connectivity index (χ2n) is 5.73. The van der Waals surface area contributed by atoms with Crippen LogP contribution in [0, 0.1) is 6.92 Å². The number of aliphatic hydroxyl groups excluding tert-OH is 1. The zero-order valence-electron chi connectivity index (χ0n) is 12.1. The van der Waals surface area contributed by atoms with Gasteiger partial charge in [-0.25, -0.2) is 0 Å². The second kappa shape index (κ2) is 6.28. The molecule has 1 aliphatic carbocycles. The van der Waals surface area contributed by atoms with Crippen LogP contribution in [0.5, 0.6) is 0 Å². The molecule has 0 radical (unpaired) electrons. The average Bonchev–Trinajstić information content (AvgIpc) is 2.82. The highest BCUT2D eigenvalue weighted by Gasteiger charge is 2.28. The van der Waals surface area contributed by atoms with Gasteiger partial charge >= 0.3 is 0 Å². The molecule has 1 aromatic carbocycles. The zero-order valence-corrected chi connectivity index (χ0v) is 13.6. The normalized spacial score (nSPS) is 23.0. The van der Waals surface area contributed by atoms with Crippen molar-refractivity contribution in [2.45, 2.75) is 51.0 Å². The Kier molecular flexibility index (Phi) is 4.40. The molecule has 112 valence electrons. The fourth-order valence-corrected chi connectivity index (χ4v) is 3.42. The number of benzene rings is 1. The van der Waals surface area contributed by atoms with E-state index >= 15 is 0 Å². The predicted molar refractivity (Wildman–Crippen MR) is 84.0 cm³/mol. The van der Waals surface area contributed by atoms with Gasteiger partial charge < -0.3 is 9.63 Å². The number of aryl methyl sites for hydroxylation is 1. The van der Waals surface area contributed by atoms with E-state index in [0.717, 1.165) is 41.3 Å². The summed E-state index contributed by atoms with van der Waals surface area (Å²) in [5.74, 6) is 1.15. The molecule has 1 aromatic heterocycles. The fraction of sp³-hybridized carbons (Fsp3) is 0.500. The van der Waals surface area contributed by atoms with Crippen LogP contribution in [0.15, 0.2) is 27.2 Å². The number of aliphatic hydroxyl groups is 1. The van der Waals surface area contributed by atoms with Crippen molar-refractivity contribution >= 4 is 15.9 Å². The Morgan fingerprint density at radius 3 is 2.86 bits per heavy atom. The van der Waals surface area contributed by atoms with Gasteiger partial charge in [0.25, 0.3) is 0 Å². The Bertz CT molecular complexity index is 626. The molecular weight excluding hydrogens is 332 g/mol. The Morgan fingerprint density at radius 2 is 2.05 bits per heavy atom. The van der Waals surface area contributed by atoms with Gasteiger partial charge in [-0.3, -0.25) is 0 Å². The van der Waals surface area contributed by atoms with Crippen molar-refractivity contribution in [3.05, 3.63) is 34.1 Å². The molecule has 0 aliphatic heterocycles. The van der Waals surface area contributed by atoms with Gasteiger partial charge in [0.1, 0.15) is 0 Å². The van der Waals surface area contributed by atoms with Crippen molar-refractivity contribution in [3.8, 4) is 11.4 Å². The first-order valence-electron chi connectivity index (χ1n) is 7.43. The SMILES string of the molecule is Cc1cc(Br)ccc1-c1noc(C2CCCCCC2O)n1. The van der Waals surface area contributed by atoms with Crippen LogP contribution in [0.2, 0.25) is 0 Å². The lowest BCUT2D eigenvalue weighted by Crippen LogP contribution is -2.17. The van der Waals surface area contributed by atoms with Gasteiger partial charge in [-0.15, -0.1) is 0 Å². The largest absolute Gasteiger partial charge is 0.392 e. The molecule has 1 aliphatic rings. The number of hydrogen-bond acceptors (Lipinski definition) is 4. The van der Waals surface area contributed by atoms with Crippen LogP contribution >= 0.6 is 15.9 Å². The van der Waals surface area contributed by atoms with Crippen LogP contribution in [-0.4, -0.2) is 21.4 Å². The lowest BCUT2D eigenvalue weighted by molar-refractivity contribution is 0.119. The monoisotopic (exact) mass is 350 g/mol. The van der Waals surface area contributed by atoms with Crippen molar-refractivity contribution in [2.24, 2.45) is 0 Å². The van der Waals surface area contributed by atoms with Crippen molar-refractivity contribution in [1.82, 2.24) is 10.1 Å². The summed E-state index contributed by atoms with van der Waals surface area (Å²) in [5.41, 5.74) is 2.06. The molecule has 2 unspecified atom stereocenters. The molecule has 0 saturated heterocycles. The van der Waals surface area contributed by atoms with Crippen LogP contribution in [0.3, 0.4) is 0 Å². The Hall–Kier alpha value is -1.20. The summed E-state index contributed by atoms with van der Waals surface area (Å²) in [6.07, 6.45) is 4.72. The number of rotatable bonds is 2. The summed E-state index contributed by atoms with van der Waals surface area (Å²) in [5, 5.41) is 14.3. The Labute approximate surface area is 132 Å². The van der Waals surface area contributed by atoms with Crippen LogP contribution in [-0.2, 0) is 0 Å². The van der Waals surface area contributed by atoms with Gasteiger partial charge in [-0.05, 0) is 43.5 Å². The minimum Gasteiger partial charge on any atom is -0.392 e. The highest BCUT2D eigenvalue weighted by molar-refractivity contribution is 9.10. The second-order valence-corrected chi connectivity index (χ2v) is 6.64. The third-order valence-electron chi connectivity index (χ3n) is 4.17. The molecule has 1 N–H and O–H groups in total. The van der Waals surface area contributed by atoms with E-state index in [2.05, 4.69) is 26.1 Å². The topological polar surface area (TPSA) is 59.2 Å². The van der Waals surface area contributed by atoms with Gasteiger partial charge in [-0.1, -0.05) is 40.3 Å². The first-order chi connectivity index (χ1) is 10.1. The third kappa shape index (κ3) is 3.19. The standard InChI is InChI=1S/C16H19BrN2O2/c1-10-9-11(17)7-8-12(10)15-18-16(21-19-15)13-5-3-2-4-6-14(13)20/h7-9,13-14,20H,2-6H2,1H3. The van der Waals surface area contributed by atoms with E-state index in [1.54, 1.807) is 0 Å². The maximum Gasteiger partial charge on any atom is 0.232 e. The first-order valence-corrected chi connectivity index (χ1v) is 8.22. The summed E-state index contributed by atoms with van der Waals surface area (Å²) in [6, 6.07) is 5.99. The number of halogens is 1. The maximum absolute atomic E-state index is 10.2. The summed E-state index contributed by atoms with van der Waals surface area (Å²) in [4.78, 5) is 4.53. The summed E-state index contributed by atoms with van der Waals surface area (Å²) >= 11 is 3.46. The molecule has 1 saturated carbocycles. The van der Waals surface area contributed by atoms with Crippen LogP contribution in [0.4, 0.5) is 0 Å². The van der Waals surface area contributed by atoms with E-state index in [0.29, 0.717) is 11.7 Å². The van der Waals surface area contributed by atoms with Gasteiger partial charge in [-0.2, -0.15) is 4.98 Å². The number of hydrogen-bond donors (Lipinski definition) is 1. The Balaban J connectivity index is 1.88. The van der Waals surface area contributed by atoms with Crippen LogP contribution in [0.25, 0.3) is 11.4 Å². The van der Waals surface area contributed by atoms with Gasteiger partial charge in [0.15, 0.2) is 0 Å². The summed E-state index contributed by atoms with van der Waals surface area (Å²) in [6.45, 7) is 2.02. The summed E-state index contributed by atoms with van der Waals surface area (Å²) in [7, 11) is 0. The molecule has 5 heteroatoms.